The third-order valence-electron chi connectivity index (χ3n) is 6.41. The van der Waals surface area contributed by atoms with Crippen LogP contribution in [0.1, 0.15) is 42.3 Å². The highest BCUT2D eigenvalue weighted by Crippen LogP contribution is 2.34. The van der Waals surface area contributed by atoms with Gasteiger partial charge in [0, 0.05) is 17.0 Å². The van der Waals surface area contributed by atoms with Crippen molar-refractivity contribution in [3.05, 3.63) is 75.8 Å². The van der Waals surface area contributed by atoms with Gasteiger partial charge in [-0.25, -0.2) is 4.68 Å². The van der Waals surface area contributed by atoms with Crippen molar-refractivity contribution in [1.82, 2.24) is 30.1 Å². The minimum atomic E-state index is -0.361. The molecule has 5 rings (SSSR count). The number of nitrogens with zero attached hydrogens (tertiary/aromatic N) is 5. The Hall–Kier alpha value is -3.72. The van der Waals surface area contributed by atoms with Gasteiger partial charge < -0.3 is 14.5 Å². The molecule has 9 nitrogen and oxygen atoms in total. The lowest BCUT2D eigenvalue weighted by atomic mass is 10.00. The number of piperidine rings is 1. The number of likely N-dealkylation sites (tertiary alicyclic amines) is 1. The Kier molecular flexibility index (Phi) is 6.27. The van der Waals surface area contributed by atoms with Gasteiger partial charge >= 0.3 is 0 Å². The summed E-state index contributed by atoms with van der Waals surface area (Å²) in [5, 5.41) is 13.5. The highest BCUT2D eigenvalue weighted by molar-refractivity contribution is 5.83. The Morgan fingerprint density at radius 1 is 1.00 bits per heavy atom. The lowest BCUT2D eigenvalue weighted by Gasteiger charge is -2.33. The molecule has 0 spiro atoms. The van der Waals surface area contributed by atoms with Crippen LogP contribution in [0.5, 0.6) is 11.5 Å². The Balaban J connectivity index is 1.63. The lowest BCUT2D eigenvalue weighted by molar-refractivity contribution is 0.177. The van der Waals surface area contributed by atoms with E-state index in [-0.39, 0.29) is 11.6 Å². The van der Waals surface area contributed by atoms with E-state index in [1.807, 2.05) is 42.5 Å². The predicted octanol–water partition coefficient (Wildman–Crippen LogP) is 3.16. The van der Waals surface area contributed by atoms with E-state index in [2.05, 4.69) is 25.4 Å². The molecule has 1 fully saturated rings. The van der Waals surface area contributed by atoms with Gasteiger partial charge in [0.25, 0.3) is 5.56 Å². The number of tetrazole rings is 1. The number of aromatic nitrogens is 5. The van der Waals surface area contributed by atoms with Gasteiger partial charge in [-0.05, 0) is 54.1 Å². The maximum Gasteiger partial charge on any atom is 0.253 e. The zero-order valence-corrected chi connectivity index (χ0v) is 19.4. The summed E-state index contributed by atoms with van der Waals surface area (Å²) in [5.74, 6) is 1.84. The van der Waals surface area contributed by atoms with Crippen molar-refractivity contribution in [2.24, 2.45) is 0 Å². The van der Waals surface area contributed by atoms with Gasteiger partial charge in [-0.15, -0.1) is 5.10 Å². The molecule has 0 radical (unpaired) electrons. The Bertz CT molecular complexity index is 1330. The molecule has 0 saturated carbocycles. The topological polar surface area (TPSA) is 98.2 Å². The number of fused-ring (bicyclic) bond motifs is 1. The molecule has 0 aliphatic carbocycles. The highest BCUT2D eigenvalue weighted by Gasteiger charge is 2.31. The van der Waals surface area contributed by atoms with Crippen LogP contribution in [0.4, 0.5) is 0 Å². The van der Waals surface area contributed by atoms with Crippen LogP contribution >= 0.6 is 0 Å². The maximum atomic E-state index is 13.4. The molecule has 1 saturated heterocycles. The summed E-state index contributed by atoms with van der Waals surface area (Å²) in [5.41, 5.74) is 2.24. The van der Waals surface area contributed by atoms with E-state index < -0.39 is 0 Å². The Morgan fingerprint density at radius 2 is 1.74 bits per heavy atom. The number of nitrogens with one attached hydrogen (secondary N) is 1. The summed E-state index contributed by atoms with van der Waals surface area (Å²) in [6.45, 7) is 2.29. The quantitative estimate of drug-likeness (QED) is 0.452. The molecule has 1 N–H and O–H groups in total. The fraction of sp³-hybridized carbons (Fsp3) is 0.360. The van der Waals surface area contributed by atoms with Crippen molar-refractivity contribution in [2.45, 2.75) is 31.8 Å². The number of benzene rings is 2. The van der Waals surface area contributed by atoms with E-state index in [1.165, 1.54) is 6.42 Å². The predicted molar refractivity (Wildman–Crippen MR) is 128 cm³/mol. The van der Waals surface area contributed by atoms with Gasteiger partial charge in [0.05, 0.1) is 26.3 Å². The summed E-state index contributed by atoms with van der Waals surface area (Å²) in [6, 6.07) is 15.3. The van der Waals surface area contributed by atoms with E-state index in [0.29, 0.717) is 34.9 Å². The zero-order valence-electron chi connectivity index (χ0n) is 19.4. The molecule has 1 atom stereocenters. The first-order valence-corrected chi connectivity index (χ1v) is 11.5. The number of hydrogen-bond donors (Lipinski definition) is 1. The van der Waals surface area contributed by atoms with Gasteiger partial charge in [0.15, 0.2) is 17.3 Å². The molecule has 3 heterocycles. The molecule has 1 unspecified atom stereocenters. The number of H-pyrrole nitrogens is 1. The fourth-order valence-corrected chi connectivity index (χ4v) is 4.71. The van der Waals surface area contributed by atoms with E-state index in [4.69, 9.17) is 9.47 Å². The van der Waals surface area contributed by atoms with Gasteiger partial charge in [-0.1, -0.05) is 36.8 Å². The lowest BCUT2D eigenvalue weighted by Crippen LogP contribution is -2.38. The number of ether oxygens (including phenoxy) is 2. The van der Waals surface area contributed by atoms with Gasteiger partial charge in [0.2, 0.25) is 0 Å². The number of pyridine rings is 1. The number of methoxy groups -OCH3 is 2. The van der Waals surface area contributed by atoms with Crippen LogP contribution in [0, 0.1) is 0 Å². The summed E-state index contributed by atoms with van der Waals surface area (Å²) >= 11 is 0. The third kappa shape index (κ3) is 4.26. The van der Waals surface area contributed by atoms with Gasteiger partial charge in [0.1, 0.15) is 6.04 Å². The smallest absolute Gasteiger partial charge is 0.253 e. The van der Waals surface area contributed by atoms with Crippen LogP contribution in [0.3, 0.4) is 0 Å². The fourth-order valence-electron chi connectivity index (χ4n) is 4.71. The molecule has 176 valence electrons. The molecule has 2 aromatic carbocycles. The second-order valence-electron chi connectivity index (χ2n) is 8.53. The number of aromatic amines is 1. The Labute approximate surface area is 197 Å². The average Bonchev–Trinajstić information content (AvgIpc) is 3.32. The molecule has 9 heteroatoms. The molecule has 2 aromatic heterocycles. The van der Waals surface area contributed by atoms with Crippen LogP contribution in [0.2, 0.25) is 0 Å². The number of rotatable bonds is 7. The molecule has 0 amide bonds. The van der Waals surface area contributed by atoms with Crippen molar-refractivity contribution >= 4 is 10.9 Å². The minimum absolute atomic E-state index is 0.162. The van der Waals surface area contributed by atoms with Crippen LogP contribution in [-0.2, 0) is 6.54 Å². The summed E-state index contributed by atoms with van der Waals surface area (Å²) in [4.78, 5) is 18.8. The van der Waals surface area contributed by atoms with E-state index >= 15 is 0 Å². The van der Waals surface area contributed by atoms with Crippen LogP contribution in [0.15, 0.2) is 53.3 Å². The standard InChI is InChI=1S/C25H28N6O3/c1-33-21-14-18-13-19(25(32)26-20(18)15-22(21)34-2)23(30-11-7-4-8-12-30)24-27-28-29-31(24)16-17-9-5-3-6-10-17/h3,5-6,9-10,13-15,23H,4,7-8,11-12,16H2,1-2H3,(H,26,32). The second-order valence-corrected chi connectivity index (χ2v) is 8.53. The third-order valence-corrected chi connectivity index (χ3v) is 6.41. The Morgan fingerprint density at radius 3 is 2.47 bits per heavy atom. The monoisotopic (exact) mass is 460 g/mol. The maximum absolute atomic E-state index is 13.4. The van der Waals surface area contributed by atoms with Gasteiger partial charge in [-0.3, -0.25) is 9.69 Å². The summed E-state index contributed by atoms with van der Waals surface area (Å²) < 4.78 is 12.7. The molecule has 4 aromatic rings. The average molecular weight is 461 g/mol. The highest BCUT2D eigenvalue weighted by atomic mass is 16.5. The molecular formula is C25H28N6O3. The minimum Gasteiger partial charge on any atom is -0.493 e. The summed E-state index contributed by atoms with van der Waals surface area (Å²) in [6.07, 6.45) is 3.34. The molecular weight excluding hydrogens is 432 g/mol. The van der Waals surface area contributed by atoms with E-state index in [9.17, 15) is 4.79 Å². The first-order valence-electron chi connectivity index (χ1n) is 11.5. The molecule has 34 heavy (non-hydrogen) atoms. The van der Waals surface area contributed by atoms with Crippen molar-refractivity contribution in [3.63, 3.8) is 0 Å². The zero-order chi connectivity index (χ0) is 23.5. The van der Waals surface area contributed by atoms with Crippen LogP contribution in [0.25, 0.3) is 10.9 Å². The largest absolute Gasteiger partial charge is 0.493 e. The SMILES string of the molecule is COc1cc2cc(C(c3nnnn3Cc3ccccc3)N3CCCCC3)c(=O)[nH]c2cc1OC. The number of hydrogen-bond acceptors (Lipinski definition) is 7. The van der Waals surface area contributed by atoms with Crippen molar-refractivity contribution < 1.29 is 9.47 Å². The molecule has 0 bridgehead atoms. The van der Waals surface area contributed by atoms with E-state index in [0.717, 1.165) is 36.9 Å². The normalized spacial score (nSPS) is 15.4. The molecule has 1 aliphatic heterocycles. The first kappa shape index (κ1) is 22.1. The van der Waals surface area contributed by atoms with Crippen molar-refractivity contribution in [2.75, 3.05) is 27.3 Å². The van der Waals surface area contributed by atoms with Crippen LogP contribution in [-0.4, -0.2) is 57.4 Å². The molecule has 1 aliphatic rings. The van der Waals surface area contributed by atoms with Crippen molar-refractivity contribution in [3.8, 4) is 11.5 Å². The van der Waals surface area contributed by atoms with Gasteiger partial charge in [-0.2, -0.15) is 0 Å². The van der Waals surface area contributed by atoms with Crippen molar-refractivity contribution in [1.29, 1.82) is 0 Å². The summed E-state index contributed by atoms with van der Waals surface area (Å²) in [7, 11) is 3.18. The second kappa shape index (κ2) is 9.64. The van der Waals surface area contributed by atoms with Crippen LogP contribution < -0.4 is 15.0 Å². The first-order chi connectivity index (χ1) is 16.7. The van der Waals surface area contributed by atoms with E-state index in [1.54, 1.807) is 25.0 Å².